The summed E-state index contributed by atoms with van der Waals surface area (Å²) in [6, 6.07) is 0. The second-order valence-electron chi connectivity index (χ2n) is 2.62. The summed E-state index contributed by atoms with van der Waals surface area (Å²) in [7, 11) is 0. The fourth-order valence-corrected chi connectivity index (χ4v) is 0.813. The minimum Gasteiger partial charge on any atom is -0.322 e. The quantitative estimate of drug-likeness (QED) is 0.802. The van der Waals surface area contributed by atoms with E-state index in [1.54, 1.807) is 26.2 Å². The Morgan fingerprint density at radius 1 is 1.54 bits per heavy atom. The number of halogens is 1. The minimum absolute atomic E-state index is 0.104. The molecule has 0 radical (unpaired) electrons. The average molecular weight is 244 g/mol. The van der Waals surface area contributed by atoms with Crippen LogP contribution in [-0.2, 0) is 4.79 Å². The molecule has 0 bridgehead atoms. The van der Waals surface area contributed by atoms with E-state index in [0.29, 0.717) is 11.5 Å². The van der Waals surface area contributed by atoms with Crippen LogP contribution in [0.1, 0.15) is 12.7 Å². The Bertz CT molecular complexity index is 297. The number of carbonyl (C=O) groups excluding carboxylic acids is 1. The molecule has 0 aliphatic heterocycles. The lowest BCUT2D eigenvalue weighted by Gasteiger charge is -2.05. The van der Waals surface area contributed by atoms with Gasteiger partial charge in [-0.25, -0.2) is 9.97 Å². The molecule has 13 heavy (non-hydrogen) atoms. The van der Waals surface area contributed by atoms with Crippen LogP contribution in [0.4, 0.5) is 5.69 Å². The number of nitrogens with zero attached hydrogens (tertiary/aromatic N) is 2. The van der Waals surface area contributed by atoms with Gasteiger partial charge in [0, 0.05) is 0 Å². The molecule has 4 nitrogen and oxygen atoms in total. The molecule has 70 valence electrons. The zero-order chi connectivity index (χ0) is 9.84. The van der Waals surface area contributed by atoms with Crippen LogP contribution in [-0.4, -0.2) is 20.7 Å². The number of aryl methyl sites for hydroxylation is 1. The predicted octanol–water partition coefficient (Wildman–Crippen LogP) is 1.51. The molecular weight excluding hydrogens is 234 g/mol. The van der Waals surface area contributed by atoms with Crippen molar-refractivity contribution in [2.45, 2.75) is 18.7 Å². The van der Waals surface area contributed by atoms with Crippen molar-refractivity contribution in [2.75, 3.05) is 5.32 Å². The van der Waals surface area contributed by atoms with Crippen molar-refractivity contribution in [1.29, 1.82) is 0 Å². The van der Waals surface area contributed by atoms with Gasteiger partial charge in [-0.1, -0.05) is 15.9 Å². The molecule has 0 aliphatic rings. The Morgan fingerprint density at radius 3 is 2.54 bits per heavy atom. The summed E-state index contributed by atoms with van der Waals surface area (Å²) in [6.07, 6.45) is 3.16. The van der Waals surface area contributed by atoms with Crippen LogP contribution in [0.5, 0.6) is 0 Å². The standard InChI is InChI=1S/C8H10BrN3O/c1-5(9)8(13)12-7-3-10-6(2)11-4-7/h3-5H,1-2H3,(H,12,13). The molecule has 1 N–H and O–H groups in total. The first-order chi connectivity index (χ1) is 6.09. The van der Waals surface area contributed by atoms with Gasteiger partial charge in [0.1, 0.15) is 5.82 Å². The van der Waals surface area contributed by atoms with E-state index in [9.17, 15) is 4.79 Å². The SMILES string of the molecule is Cc1ncc(NC(=O)C(C)Br)cn1. The Kier molecular flexibility index (Phi) is 3.36. The van der Waals surface area contributed by atoms with Crippen LogP contribution >= 0.6 is 15.9 Å². The first-order valence-corrected chi connectivity index (χ1v) is 4.75. The fraction of sp³-hybridized carbons (Fsp3) is 0.375. The number of alkyl halides is 1. The van der Waals surface area contributed by atoms with Gasteiger partial charge in [-0.05, 0) is 13.8 Å². The van der Waals surface area contributed by atoms with Gasteiger partial charge in [0.15, 0.2) is 0 Å². The summed E-state index contributed by atoms with van der Waals surface area (Å²) in [5.74, 6) is 0.581. The van der Waals surface area contributed by atoms with E-state index in [1.807, 2.05) is 0 Å². The number of amides is 1. The molecule has 1 heterocycles. The molecule has 1 unspecified atom stereocenters. The molecule has 0 aromatic carbocycles. The third-order valence-corrected chi connectivity index (χ3v) is 1.83. The maximum Gasteiger partial charge on any atom is 0.237 e. The van der Waals surface area contributed by atoms with Gasteiger partial charge in [0.25, 0.3) is 0 Å². The minimum atomic E-state index is -0.214. The molecule has 1 rings (SSSR count). The molecule has 0 spiro atoms. The van der Waals surface area contributed by atoms with E-state index >= 15 is 0 Å². The third kappa shape index (κ3) is 3.10. The van der Waals surface area contributed by atoms with Crippen molar-refractivity contribution in [3.05, 3.63) is 18.2 Å². The Balaban J connectivity index is 2.65. The lowest BCUT2D eigenvalue weighted by molar-refractivity contribution is -0.115. The highest BCUT2D eigenvalue weighted by molar-refractivity contribution is 9.10. The third-order valence-electron chi connectivity index (χ3n) is 1.41. The highest BCUT2D eigenvalue weighted by Crippen LogP contribution is 2.06. The summed E-state index contributed by atoms with van der Waals surface area (Å²) in [5, 5.41) is 2.66. The van der Waals surface area contributed by atoms with E-state index in [-0.39, 0.29) is 10.7 Å². The van der Waals surface area contributed by atoms with Gasteiger partial charge >= 0.3 is 0 Å². The van der Waals surface area contributed by atoms with Crippen LogP contribution in [0.15, 0.2) is 12.4 Å². The number of hydrogen-bond donors (Lipinski definition) is 1. The van der Waals surface area contributed by atoms with Crippen molar-refractivity contribution >= 4 is 27.5 Å². The summed E-state index contributed by atoms with van der Waals surface area (Å²) in [5.41, 5.74) is 0.613. The lowest BCUT2D eigenvalue weighted by Crippen LogP contribution is -2.20. The van der Waals surface area contributed by atoms with Crippen molar-refractivity contribution in [2.24, 2.45) is 0 Å². The van der Waals surface area contributed by atoms with Gasteiger partial charge in [0.2, 0.25) is 5.91 Å². The average Bonchev–Trinajstić information content (AvgIpc) is 2.08. The molecule has 1 atom stereocenters. The van der Waals surface area contributed by atoms with Crippen LogP contribution in [0.3, 0.4) is 0 Å². The molecule has 0 aliphatic carbocycles. The molecule has 1 aromatic rings. The molecule has 1 aromatic heterocycles. The molecule has 0 saturated heterocycles. The van der Waals surface area contributed by atoms with Gasteiger partial charge in [-0.2, -0.15) is 0 Å². The van der Waals surface area contributed by atoms with E-state index in [4.69, 9.17) is 0 Å². The van der Waals surface area contributed by atoms with Crippen molar-refractivity contribution in [3.63, 3.8) is 0 Å². The van der Waals surface area contributed by atoms with Crippen LogP contribution in [0, 0.1) is 6.92 Å². The van der Waals surface area contributed by atoms with Gasteiger partial charge < -0.3 is 5.32 Å². The maximum absolute atomic E-state index is 11.2. The Hall–Kier alpha value is -0.970. The molecule has 0 fully saturated rings. The predicted molar refractivity (Wildman–Crippen MR) is 53.8 cm³/mol. The Morgan fingerprint density at radius 2 is 2.08 bits per heavy atom. The summed E-state index contributed by atoms with van der Waals surface area (Å²) in [4.78, 5) is 18.9. The van der Waals surface area contributed by atoms with Gasteiger partial charge in [0.05, 0.1) is 22.9 Å². The van der Waals surface area contributed by atoms with Crippen molar-refractivity contribution < 1.29 is 4.79 Å². The van der Waals surface area contributed by atoms with E-state index in [0.717, 1.165) is 0 Å². The normalized spacial score (nSPS) is 12.2. The number of aromatic nitrogens is 2. The van der Waals surface area contributed by atoms with E-state index in [2.05, 4.69) is 31.2 Å². The highest BCUT2D eigenvalue weighted by Gasteiger charge is 2.08. The lowest BCUT2D eigenvalue weighted by atomic mass is 10.4. The molecule has 5 heteroatoms. The zero-order valence-corrected chi connectivity index (χ0v) is 9.00. The number of nitrogens with one attached hydrogen (secondary N) is 1. The maximum atomic E-state index is 11.2. The number of carbonyl (C=O) groups is 1. The summed E-state index contributed by atoms with van der Waals surface area (Å²) >= 11 is 3.16. The number of anilines is 1. The molecule has 1 amide bonds. The summed E-state index contributed by atoms with van der Waals surface area (Å²) < 4.78 is 0. The molecular formula is C8H10BrN3O. The smallest absolute Gasteiger partial charge is 0.237 e. The summed E-state index contributed by atoms with van der Waals surface area (Å²) in [6.45, 7) is 3.54. The second-order valence-corrected chi connectivity index (χ2v) is 4.00. The van der Waals surface area contributed by atoms with Gasteiger partial charge in [-0.3, -0.25) is 4.79 Å². The molecule has 0 saturated carbocycles. The van der Waals surface area contributed by atoms with Crippen molar-refractivity contribution in [1.82, 2.24) is 9.97 Å². The van der Waals surface area contributed by atoms with Crippen LogP contribution in [0.25, 0.3) is 0 Å². The zero-order valence-electron chi connectivity index (χ0n) is 7.41. The number of rotatable bonds is 2. The fourth-order valence-electron chi connectivity index (χ4n) is 0.699. The topological polar surface area (TPSA) is 54.9 Å². The Labute approximate surface area is 84.9 Å². The first-order valence-electron chi connectivity index (χ1n) is 3.83. The van der Waals surface area contributed by atoms with Crippen LogP contribution < -0.4 is 5.32 Å². The number of hydrogen-bond acceptors (Lipinski definition) is 3. The van der Waals surface area contributed by atoms with Crippen molar-refractivity contribution in [3.8, 4) is 0 Å². The van der Waals surface area contributed by atoms with E-state index in [1.165, 1.54) is 0 Å². The monoisotopic (exact) mass is 243 g/mol. The largest absolute Gasteiger partial charge is 0.322 e. The van der Waals surface area contributed by atoms with E-state index < -0.39 is 0 Å². The first kappa shape index (κ1) is 10.1. The van der Waals surface area contributed by atoms with Gasteiger partial charge in [-0.15, -0.1) is 0 Å². The van der Waals surface area contributed by atoms with Crippen LogP contribution in [0.2, 0.25) is 0 Å². The second kappa shape index (κ2) is 4.32. The highest BCUT2D eigenvalue weighted by atomic mass is 79.9.